The van der Waals surface area contributed by atoms with E-state index in [0.717, 1.165) is 11.1 Å². The second kappa shape index (κ2) is 11.2. The molecule has 6 nitrogen and oxygen atoms in total. The number of nitrogens with one attached hydrogen (secondary N) is 2. The number of rotatable bonds is 8. The monoisotopic (exact) mass is 414 g/mol. The molecule has 2 aromatic carbocycles. The van der Waals surface area contributed by atoms with Crippen LogP contribution in [0.2, 0.25) is 0 Å². The summed E-state index contributed by atoms with van der Waals surface area (Å²) in [5, 5.41) is 6.51. The third-order valence-electron chi connectivity index (χ3n) is 4.62. The molecule has 2 rings (SSSR count). The molecule has 1 amide bonds. The van der Waals surface area contributed by atoms with Gasteiger partial charge in [-0.05, 0) is 55.7 Å². The molecule has 162 valence electrons. The average Bonchev–Trinajstić information content (AvgIpc) is 2.73. The summed E-state index contributed by atoms with van der Waals surface area (Å²) >= 11 is 0. The van der Waals surface area contributed by atoms with Gasteiger partial charge in [0, 0.05) is 32.7 Å². The number of guanidine groups is 1. The van der Waals surface area contributed by atoms with Gasteiger partial charge in [-0.25, -0.2) is 4.39 Å². The average molecular weight is 415 g/mol. The Labute approximate surface area is 178 Å². The van der Waals surface area contributed by atoms with Crippen LogP contribution in [0.3, 0.4) is 0 Å². The molecule has 0 bridgehead atoms. The summed E-state index contributed by atoms with van der Waals surface area (Å²) in [6.45, 7) is 5.21. The van der Waals surface area contributed by atoms with E-state index in [-0.39, 0.29) is 17.7 Å². The van der Waals surface area contributed by atoms with Crippen molar-refractivity contribution in [3.05, 3.63) is 65.0 Å². The van der Waals surface area contributed by atoms with Gasteiger partial charge in [0.2, 0.25) is 0 Å². The fourth-order valence-electron chi connectivity index (χ4n) is 2.98. The molecule has 0 spiro atoms. The summed E-state index contributed by atoms with van der Waals surface area (Å²) < 4.78 is 19.0. The summed E-state index contributed by atoms with van der Waals surface area (Å²) in [5.41, 5.74) is 2.52. The predicted molar refractivity (Wildman–Crippen MR) is 119 cm³/mol. The van der Waals surface area contributed by atoms with E-state index in [1.54, 1.807) is 25.1 Å². The van der Waals surface area contributed by atoms with Crippen molar-refractivity contribution >= 4 is 11.9 Å². The first-order chi connectivity index (χ1) is 14.3. The Morgan fingerprint density at radius 1 is 1.23 bits per heavy atom. The van der Waals surface area contributed by atoms with Gasteiger partial charge in [-0.1, -0.05) is 18.2 Å². The van der Waals surface area contributed by atoms with E-state index in [9.17, 15) is 9.18 Å². The van der Waals surface area contributed by atoms with E-state index in [1.165, 1.54) is 13.2 Å². The van der Waals surface area contributed by atoms with E-state index in [2.05, 4.69) is 15.6 Å². The zero-order valence-electron chi connectivity index (χ0n) is 18.3. The normalized spacial score (nSPS) is 12.3. The Hall–Kier alpha value is -3.09. The van der Waals surface area contributed by atoms with Crippen LogP contribution in [-0.4, -0.2) is 51.1 Å². The molecule has 2 N–H and O–H groups in total. The Kier molecular flexibility index (Phi) is 8.65. The fourth-order valence-corrected chi connectivity index (χ4v) is 2.98. The van der Waals surface area contributed by atoms with Gasteiger partial charge in [0.15, 0.2) is 17.5 Å². The number of hydrogen-bond donors (Lipinski definition) is 2. The van der Waals surface area contributed by atoms with Crippen molar-refractivity contribution in [3.8, 4) is 5.75 Å². The van der Waals surface area contributed by atoms with E-state index in [4.69, 9.17) is 4.74 Å². The standard InChI is InChI=1S/C23H31FN4O2/c1-6-25-23(27-16(2)18-10-11-21(30-5)20(24)15-18)26-13-12-17-8-7-9-19(14-17)22(29)28(3)4/h7-11,14-16H,6,12-13H2,1-5H3,(H2,25,26,27). The molecular weight excluding hydrogens is 383 g/mol. The van der Waals surface area contributed by atoms with E-state index in [0.29, 0.717) is 31.0 Å². The van der Waals surface area contributed by atoms with Crippen LogP contribution >= 0.6 is 0 Å². The number of carbonyl (C=O) groups excluding carboxylic acids is 1. The SMILES string of the molecule is CCNC(=NCCc1cccc(C(=O)N(C)C)c1)NC(C)c1ccc(OC)c(F)c1. The van der Waals surface area contributed by atoms with Crippen LogP contribution in [0.25, 0.3) is 0 Å². The molecule has 0 aliphatic rings. The topological polar surface area (TPSA) is 66.0 Å². The van der Waals surface area contributed by atoms with Crippen molar-refractivity contribution in [2.45, 2.75) is 26.3 Å². The zero-order chi connectivity index (χ0) is 22.1. The van der Waals surface area contributed by atoms with Crippen LogP contribution in [0.4, 0.5) is 4.39 Å². The van der Waals surface area contributed by atoms with E-state index < -0.39 is 5.82 Å². The molecule has 0 aromatic heterocycles. The van der Waals surface area contributed by atoms with Crippen LogP contribution in [0.5, 0.6) is 5.75 Å². The first-order valence-electron chi connectivity index (χ1n) is 10.0. The first kappa shape index (κ1) is 23.2. The molecule has 0 radical (unpaired) electrons. The molecule has 1 atom stereocenters. The number of hydrogen-bond acceptors (Lipinski definition) is 3. The maximum absolute atomic E-state index is 14.0. The van der Waals surface area contributed by atoms with Crippen molar-refractivity contribution < 1.29 is 13.9 Å². The predicted octanol–water partition coefficient (Wildman–Crippen LogP) is 3.39. The molecule has 0 fully saturated rings. The number of nitrogens with zero attached hydrogens (tertiary/aromatic N) is 2. The molecule has 7 heteroatoms. The van der Waals surface area contributed by atoms with Crippen molar-refractivity contribution in [2.75, 3.05) is 34.3 Å². The lowest BCUT2D eigenvalue weighted by atomic mass is 10.1. The largest absolute Gasteiger partial charge is 0.494 e. The number of halogens is 1. The molecule has 0 heterocycles. The Bertz CT molecular complexity index is 883. The lowest BCUT2D eigenvalue weighted by molar-refractivity contribution is 0.0827. The zero-order valence-corrected chi connectivity index (χ0v) is 18.3. The number of amides is 1. The van der Waals surface area contributed by atoms with Gasteiger partial charge in [0.05, 0.1) is 13.2 Å². The Balaban J connectivity index is 2.03. The molecule has 0 saturated heterocycles. The smallest absolute Gasteiger partial charge is 0.253 e. The fraction of sp³-hybridized carbons (Fsp3) is 0.391. The van der Waals surface area contributed by atoms with Gasteiger partial charge in [0.1, 0.15) is 0 Å². The van der Waals surface area contributed by atoms with Gasteiger partial charge in [-0.2, -0.15) is 0 Å². The first-order valence-corrected chi connectivity index (χ1v) is 10.0. The van der Waals surface area contributed by atoms with Crippen molar-refractivity contribution in [1.29, 1.82) is 0 Å². The van der Waals surface area contributed by atoms with Gasteiger partial charge < -0.3 is 20.3 Å². The maximum atomic E-state index is 14.0. The second-order valence-electron chi connectivity index (χ2n) is 7.17. The molecule has 1 unspecified atom stereocenters. The van der Waals surface area contributed by atoms with Gasteiger partial charge in [-0.15, -0.1) is 0 Å². The summed E-state index contributed by atoms with van der Waals surface area (Å²) in [6.07, 6.45) is 0.705. The van der Waals surface area contributed by atoms with Gasteiger partial charge in [-0.3, -0.25) is 9.79 Å². The van der Waals surface area contributed by atoms with Crippen LogP contribution in [0.15, 0.2) is 47.5 Å². The van der Waals surface area contributed by atoms with Crippen LogP contribution < -0.4 is 15.4 Å². The molecule has 0 aliphatic heterocycles. The highest BCUT2D eigenvalue weighted by Gasteiger charge is 2.12. The highest BCUT2D eigenvalue weighted by atomic mass is 19.1. The summed E-state index contributed by atoms with van der Waals surface area (Å²) in [5.74, 6) is 0.469. The lowest BCUT2D eigenvalue weighted by Gasteiger charge is -2.18. The van der Waals surface area contributed by atoms with Crippen molar-refractivity contribution in [3.63, 3.8) is 0 Å². The van der Waals surface area contributed by atoms with Crippen molar-refractivity contribution in [1.82, 2.24) is 15.5 Å². The van der Waals surface area contributed by atoms with Crippen LogP contribution in [0.1, 0.15) is 41.4 Å². The third kappa shape index (κ3) is 6.47. The van der Waals surface area contributed by atoms with Gasteiger partial charge >= 0.3 is 0 Å². The van der Waals surface area contributed by atoms with Crippen molar-refractivity contribution in [2.24, 2.45) is 4.99 Å². The molecular formula is C23H31FN4O2. The van der Waals surface area contributed by atoms with Gasteiger partial charge in [0.25, 0.3) is 5.91 Å². The second-order valence-corrected chi connectivity index (χ2v) is 7.17. The number of aliphatic imine (C=N–C) groups is 1. The minimum absolute atomic E-state index is 0.0177. The Morgan fingerprint density at radius 3 is 2.63 bits per heavy atom. The third-order valence-corrected chi connectivity index (χ3v) is 4.62. The number of ether oxygens (including phenoxy) is 1. The van der Waals surface area contributed by atoms with E-state index in [1.807, 2.05) is 44.2 Å². The van der Waals surface area contributed by atoms with E-state index >= 15 is 0 Å². The quantitative estimate of drug-likeness (QED) is 0.513. The molecule has 0 saturated carbocycles. The molecule has 2 aromatic rings. The number of benzene rings is 2. The molecule has 0 aliphatic carbocycles. The minimum Gasteiger partial charge on any atom is -0.494 e. The molecule has 30 heavy (non-hydrogen) atoms. The summed E-state index contributed by atoms with van der Waals surface area (Å²) in [4.78, 5) is 18.3. The lowest BCUT2D eigenvalue weighted by Crippen LogP contribution is -2.38. The van der Waals surface area contributed by atoms with Crippen LogP contribution in [0, 0.1) is 5.82 Å². The Morgan fingerprint density at radius 2 is 2.00 bits per heavy atom. The number of carbonyl (C=O) groups is 1. The maximum Gasteiger partial charge on any atom is 0.253 e. The summed E-state index contributed by atoms with van der Waals surface area (Å²) in [6, 6.07) is 12.4. The summed E-state index contributed by atoms with van der Waals surface area (Å²) in [7, 11) is 4.93. The van der Waals surface area contributed by atoms with Crippen LogP contribution in [-0.2, 0) is 6.42 Å². The minimum atomic E-state index is -0.391. The highest BCUT2D eigenvalue weighted by Crippen LogP contribution is 2.21. The number of methoxy groups -OCH3 is 1. The highest BCUT2D eigenvalue weighted by molar-refractivity contribution is 5.94.